The number of carbonyl (C=O) groups is 1. The largest absolute Gasteiger partial charge is 0.302 e. The second-order valence-corrected chi connectivity index (χ2v) is 12.3. The maximum Gasteiger partial charge on any atom is 0.264 e. The SMILES string of the molecule is CCN(CC)CCN(C(=O)c1ccc(S(=O)(=O)N2CCCc3ccccc32)cc1)c1nc2ccc(F)cc2s1. The summed E-state index contributed by atoms with van der Waals surface area (Å²) in [5.74, 6) is -0.638. The minimum absolute atomic E-state index is 0.140. The summed E-state index contributed by atoms with van der Waals surface area (Å²) in [7, 11) is -3.78. The highest BCUT2D eigenvalue weighted by Crippen LogP contribution is 2.33. The van der Waals surface area contributed by atoms with Crippen molar-refractivity contribution in [2.24, 2.45) is 0 Å². The van der Waals surface area contributed by atoms with Gasteiger partial charge in [-0.1, -0.05) is 43.4 Å². The minimum atomic E-state index is -3.78. The molecule has 4 aromatic rings. The molecule has 0 aliphatic carbocycles. The number of thiazole rings is 1. The number of halogens is 1. The molecule has 5 rings (SSSR count). The van der Waals surface area contributed by atoms with Gasteiger partial charge in [-0.15, -0.1) is 0 Å². The molecule has 0 N–H and O–H groups in total. The van der Waals surface area contributed by atoms with Gasteiger partial charge in [0.25, 0.3) is 15.9 Å². The molecule has 0 unspecified atom stereocenters. The molecule has 0 saturated heterocycles. The Labute approximate surface area is 232 Å². The molecule has 1 aliphatic rings. The second-order valence-electron chi connectivity index (χ2n) is 9.43. The molecule has 3 aromatic carbocycles. The standard InChI is InChI=1S/C29H31FN4O3S2/c1-3-32(4-2)18-19-33(29-31-25-16-13-23(30)20-27(25)38-29)28(35)22-11-14-24(15-12-22)39(36,37)34-17-7-9-21-8-5-6-10-26(21)34/h5-6,8,10-16,20H,3-4,7,9,17-19H2,1-2H3. The Morgan fingerprint density at radius 3 is 2.51 bits per heavy atom. The van der Waals surface area contributed by atoms with Gasteiger partial charge in [-0.05, 0) is 80.0 Å². The number of hydrogen-bond donors (Lipinski definition) is 0. The van der Waals surface area contributed by atoms with Gasteiger partial charge in [0.1, 0.15) is 5.82 Å². The molecule has 0 bridgehead atoms. The number of sulfonamides is 1. The predicted molar refractivity (Wildman–Crippen MR) is 155 cm³/mol. The van der Waals surface area contributed by atoms with Crippen molar-refractivity contribution >= 4 is 48.3 Å². The summed E-state index contributed by atoms with van der Waals surface area (Å²) in [6, 6.07) is 18.0. The fraction of sp³-hybridized carbons (Fsp3) is 0.310. The van der Waals surface area contributed by atoms with Crippen LogP contribution in [0.2, 0.25) is 0 Å². The lowest BCUT2D eigenvalue weighted by Crippen LogP contribution is -2.39. The number of amides is 1. The zero-order chi connectivity index (χ0) is 27.6. The summed E-state index contributed by atoms with van der Waals surface area (Å²) in [5.41, 5.74) is 2.70. The topological polar surface area (TPSA) is 73.8 Å². The van der Waals surface area contributed by atoms with Crippen molar-refractivity contribution in [3.8, 4) is 0 Å². The molecule has 0 saturated carbocycles. The molecule has 7 nitrogen and oxygen atoms in total. The normalized spacial score (nSPS) is 13.6. The van der Waals surface area contributed by atoms with Crippen molar-refractivity contribution in [3.05, 3.63) is 83.7 Å². The number of aromatic nitrogens is 1. The first-order valence-corrected chi connectivity index (χ1v) is 15.4. The highest BCUT2D eigenvalue weighted by Gasteiger charge is 2.29. The van der Waals surface area contributed by atoms with Crippen molar-refractivity contribution in [3.63, 3.8) is 0 Å². The smallest absolute Gasteiger partial charge is 0.264 e. The number of hydrogen-bond acceptors (Lipinski definition) is 6. The predicted octanol–water partition coefficient (Wildman–Crippen LogP) is 5.57. The first-order valence-electron chi connectivity index (χ1n) is 13.1. The zero-order valence-corrected chi connectivity index (χ0v) is 23.6. The Hall–Kier alpha value is -3.34. The summed E-state index contributed by atoms with van der Waals surface area (Å²) in [4.78, 5) is 22.3. The first kappa shape index (κ1) is 27.2. The van der Waals surface area contributed by atoms with Gasteiger partial charge in [0, 0.05) is 25.2 Å². The van der Waals surface area contributed by atoms with Crippen LogP contribution in [0.5, 0.6) is 0 Å². The Bertz CT molecular complexity index is 1580. The highest BCUT2D eigenvalue weighted by molar-refractivity contribution is 7.92. The van der Waals surface area contributed by atoms with Crippen molar-refractivity contribution < 1.29 is 17.6 Å². The quantitative estimate of drug-likeness (QED) is 0.265. The van der Waals surface area contributed by atoms with Crippen LogP contribution >= 0.6 is 11.3 Å². The molecule has 1 aliphatic heterocycles. The van der Waals surface area contributed by atoms with Gasteiger partial charge in [-0.25, -0.2) is 17.8 Å². The van der Waals surface area contributed by atoms with Crippen LogP contribution in [0, 0.1) is 5.82 Å². The van der Waals surface area contributed by atoms with Crippen LogP contribution in [0.15, 0.2) is 71.6 Å². The summed E-state index contributed by atoms with van der Waals surface area (Å²) in [6.07, 6.45) is 1.59. The maximum absolute atomic E-state index is 13.8. The van der Waals surface area contributed by atoms with Gasteiger partial charge in [0.05, 0.1) is 20.8 Å². The second kappa shape index (κ2) is 11.4. The van der Waals surface area contributed by atoms with Crippen LogP contribution in [0.1, 0.15) is 36.2 Å². The molecule has 1 aromatic heterocycles. The lowest BCUT2D eigenvalue weighted by Gasteiger charge is -2.30. The van der Waals surface area contributed by atoms with Crippen LogP contribution in [0.25, 0.3) is 10.2 Å². The van der Waals surface area contributed by atoms with E-state index in [1.807, 2.05) is 24.3 Å². The third kappa shape index (κ3) is 5.54. The Balaban J connectivity index is 1.44. The monoisotopic (exact) mass is 566 g/mol. The summed E-state index contributed by atoms with van der Waals surface area (Å²) < 4.78 is 43.0. The number of carbonyl (C=O) groups excluding carboxylic acids is 1. The molecule has 39 heavy (non-hydrogen) atoms. The number of para-hydroxylation sites is 1. The van der Waals surface area contributed by atoms with E-state index in [-0.39, 0.29) is 16.6 Å². The van der Waals surface area contributed by atoms with Crippen LogP contribution < -0.4 is 9.21 Å². The van der Waals surface area contributed by atoms with Gasteiger partial charge in [-0.3, -0.25) is 14.0 Å². The molecule has 0 radical (unpaired) electrons. The molecule has 0 fully saturated rings. The summed E-state index contributed by atoms with van der Waals surface area (Å²) >= 11 is 1.26. The van der Waals surface area contributed by atoms with Gasteiger partial charge in [0.2, 0.25) is 0 Å². The van der Waals surface area contributed by atoms with E-state index in [1.54, 1.807) is 23.1 Å². The fourth-order valence-corrected chi connectivity index (χ4v) is 7.42. The van der Waals surface area contributed by atoms with Gasteiger partial charge in [0.15, 0.2) is 5.13 Å². The van der Waals surface area contributed by atoms with E-state index < -0.39 is 10.0 Å². The van der Waals surface area contributed by atoms with Crippen LogP contribution in [0.3, 0.4) is 0 Å². The van der Waals surface area contributed by atoms with Crippen LogP contribution in [-0.4, -0.2) is 56.9 Å². The third-order valence-electron chi connectivity index (χ3n) is 7.11. The number of benzene rings is 3. The van der Waals surface area contributed by atoms with Crippen molar-refractivity contribution in [2.75, 3.05) is 41.9 Å². The fourth-order valence-electron chi connectivity index (χ4n) is 4.87. The van der Waals surface area contributed by atoms with E-state index in [1.165, 1.54) is 39.9 Å². The minimum Gasteiger partial charge on any atom is -0.302 e. The number of likely N-dealkylation sites (N-methyl/N-ethyl adjacent to an activating group) is 1. The maximum atomic E-state index is 13.8. The number of nitrogens with zero attached hydrogens (tertiary/aromatic N) is 4. The van der Waals surface area contributed by atoms with Crippen molar-refractivity contribution in [1.82, 2.24) is 9.88 Å². The van der Waals surface area contributed by atoms with E-state index in [9.17, 15) is 17.6 Å². The van der Waals surface area contributed by atoms with Crippen molar-refractivity contribution in [2.45, 2.75) is 31.6 Å². The third-order valence-corrected chi connectivity index (χ3v) is 9.97. The average Bonchev–Trinajstić information content (AvgIpc) is 3.37. The van der Waals surface area contributed by atoms with Crippen LogP contribution in [-0.2, 0) is 16.4 Å². The van der Waals surface area contributed by atoms with Gasteiger partial charge in [-0.2, -0.15) is 0 Å². The Kier molecular flexibility index (Phi) is 7.97. The lowest BCUT2D eigenvalue weighted by atomic mass is 10.0. The molecular formula is C29H31FN4O3S2. The lowest BCUT2D eigenvalue weighted by molar-refractivity contribution is 0.0983. The molecule has 1 amide bonds. The number of anilines is 2. The zero-order valence-electron chi connectivity index (χ0n) is 22.0. The molecule has 0 atom stereocenters. The van der Waals surface area contributed by atoms with Gasteiger partial charge >= 0.3 is 0 Å². The highest BCUT2D eigenvalue weighted by atomic mass is 32.2. The van der Waals surface area contributed by atoms with E-state index in [4.69, 9.17) is 0 Å². The Morgan fingerprint density at radius 1 is 1.03 bits per heavy atom. The average molecular weight is 567 g/mol. The van der Waals surface area contributed by atoms with E-state index in [0.717, 1.165) is 31.5 Å². The number of aryl methyl sites for hydroxylation is 1. The first-order chi connectivity index (χ1) is 18.8. The van der Waals surface area contributed by atoms with E-state index in [2.05, 4.69) is 23.7 Å². The Morgan fingerprint density at radius 2 is 1.77 bits per heavy atom. The molecular weight excluding hydrogens is 535 g/mol. The van der Waals surface area contributed by atoms with E-state index >= 15 is 0 Å². The number of rotatable bonds is 9. The van der Waals surface area contributed by atoms with Crippen LogP contribution in [0.4, 0.5) is 15.2 Å². The van der Waals surface area contributed by atoms with Crippen molar-refractivity contribution in [1.29, 1.82) is 0 Å². The van der Waals surface area contributed by atoms with E-state index in [0.29, 0.717) is 46.2 Å². The molecule has 10 heteroatoms. The molecule has 2 heterocycles. The summed E-state index contributed by atoms with van der Waals surface area (Å²) in [5, 5.41) is 0.481. The molecule has 0 spiro atoms. The van der Waals surface area contributed by atoms with Gasteiger partial charge < -0.3 is 4.90 Å². The summed E-state index contributed by atoms with van der Waals surface area (Å²) in [6.45, 7) is 7.27. The molecule has 204 valence electrons. The number of fused-ring (bicyclic) bond motifs is 2.